The number of aromatic nitrogens is 2. The minimum atomic E-state index is -0.535. The lowest BCUT2D eigenvalue weighted by Gasteiger charge is -2.56. The highest BCUT2D eigenvalue weighted by Crippen LogP contribution is 2.44. The maximum atomic E-state index is 13.1. The maximum absolute atomic E-state index is 13.1. The Bertz CT molecular complexity index is 1040. The first-order chi connectivity index (χ1) is 14.0. The molecule has 7 nitrogen and oxygen atoms in total. The van der Waals surface area contributed by atoms with Gasteiger partial charge in [0.25, 0.3) is 5.91 Å². The lowest BCUT2D eigenvalue weighted by molar-refractivity contribution is 0.0399. The monoisotopic (exact) mass is 394 g/mol. The molecule has 7 heteroatoms. The number of amides is 1. The Labute approximate surface area is 169 Å². The van der Waals surface area contributed by atoms with E-state index < -0.39 is 16.7 Å². The zero-order valence-electron chi connectivity index (χ0n) is 16.8. The Morgan fingerprint density at radius 2 is 2.00 bits per heavy atom. The van der Waals surface area contributed by atoms with E-state index in [9.17, 15) is 14.7 Å². The lowest BCUT2D eigenvalue weighted by atomic mass is 9.84. The summed E-state index contributed by atoms with van der Waals surface area (Å²) >= 11 is 0. The van der Waals surface area contributed by atoms with Crippen molar-refractivity contribution in [3.63, 3.8) is 0 Å². The molecule has 29 heavy (non-hydrogen) atoms. The van der Waals surface area contributed by atoms with Crippen LogP contribution in [0.25, 0.3) is 0 Å². The van der Waals surface area contributed by atoms with Crippen LogP contribution < -0.4 is 10.4 Å². The van der Waals surface area contributed by atoms with Crippen LogP contribution in [0.15, 0.2) is 35.3 Å². The molecule has 2 atom stereocenters. The molecule has 1 saturated heterocycles. The first kappa shape index (κ1) is 18.2. The molecule has 0 bridgehead atoms. The van der Waals surface area contributed by atoms with Crippen molar-refractivity contribution in [1.29, 1.82) is 0 Å². The highest BCUT2D eigenvalue weighted by molar-refractivity contribution is 5.96. The topological polar surface area (TPSA) is 78.7 Å². The van der Waals surface area contributed by atoms with Crippen molar-refractivity contribution >= 4 is 5.91 Å². The van der Waals surface area contributed by atoms with E-state index in [0.717, 1.165) is 30.7 Å². The van der Waals surface area contributed by atoms with E-state index in [1.807, 2.05) is 6.92 Å². The average molecular weight is 394 g/mol. The maximum Gasteiger partial charge on any atom is 0.278 e. The van der Waals surface area contributed by atoms with Gasteiger partial charge in [-0.05, 0) is 58.1 Å². The second-order valence-electron chi connectivity index (χ2n) is 8.53. The summed E-state index contributed by atoms with van der Waals surface area (Å²) in [5.74, 6) is -0.227. The minimum absolute atomic E-state index is 0.0436. The molecule has 2 unspecified atom stereocenters. The summed E-state index contributed by atoms with van der Waals surface area (Å²) in [5, 5.41) is 12.6. The summed E-state index contributed by atoms with van der Waals surface area (Å²) in [6.07, 6.45) is 6.53. The van der Waals surface area contributed by atoms with Crippen molar-refractivity contribution in [2.45, 2.75) is 63.6 Å². The van der Waals surface area contributed by atoms with Crippen LogP contribution in [-0.2, 0) is 5.54 Å². The van der Waals surface area contributed by atoms with Crippen LogP contribution in [0, 0.1) is 0 Å². The fourth-order valence-corrected chi connectivity index (χ4v) is 4.99. The third-order valence-corrected chi connectivity index (χ3v) is 6.68. The van der Waals surface area contributed by atoms with Crippen molar-refractivity contribution < 1.29 is 9.90 Å². The van der Waals surface area contributed by atoms with Gasteiger partial charge < -0.3 is 10.0 Å². The number of carbonyl (C=O) groups excluding carboxylic acids is 1. The first-order valence-corrected chi connectivity index (χ1v) is 10.5. The van der Waals surface area contributed by atoms with Gasteiger partial charge in [-0.2, -0.15) is 0 Å². The molecule has 1 amide bonds. The zero-order valence-corrected chi connectivity index (χ0v) is 16.8. The Kier molecular flexibility index (Phi) is 3.98. The minimum Gasteiger partial charge on any atom is -0.502 e. The van der Waals surface area contributed by atoms with Gasteiger partial charge in [0, 0.05) is 30.4 Å². The van der Waals surface area contributed by atoms with E-state index in [2.05, 4.69) is 30.1 Å². The van der Waals surface area contributed by atoms with Crippen molar-refractivity contribution in [3.05, 3.63) is 57.8 Å². The summed E-state index contributed by atoms with van der Waals surface area (Å²) in [6, 6.07) is 7.55. The number of aromatic hydroxyl groups is 1. The van der Waals surface area contributed by atoms with E-state index in [1.54, 1.807) is 15.8 Å². The molecule has 2 fully saturated rings. The smallest absolute Gasteiger partial charge is 0.278 e. The number of pyridine rings is 2. The fourth-order valence-electron chi connectivity index (χ4n) is 4.99. The van der Waals surface area contributed by atoms with E-state index in [-0.39, 0.29) is 17.8 Å². The molecule has 2 aliphatic heterocycles. The number of rotatable bonds is 3. The summed E-state index contributed by atoms with van der Waals surface area (Å²) in [5.41, 5.74) is 1.15. The molecule has 1 aliphatic carbocycles. The largest absolute Gasteiger partial charge is 0.502 e. The second-order valence-corrected chi connectivity index (χ2v) is 8.53. The molecule has 1 N–H and O–H groups in total. The average Bonchev–Trinajstić information content (AvgIpc) is 3.56. The Balaban J connectivity index is 1.71. The van der Waals surface area contributed by atoms with E-state index in [1.165, 1.54) is 18.9 Å². The predicted octanol–water partition coefficient (Wildman–Crippen LogP) is 2.67. The fraction of sp³-hybridized carbons (Fsp3) is 0.500. The normalized spacial score (nSPS) is 26.3. The quantitative estimate of drug-likeness (QED) is 0.866. The molecule has 4 heterocycles. The van der Waals surface area contributed by atoms with Crippen molar-refractivity contribution in [2.24, 2.45) is 0 Å². The van der Waals surface area contributed by atoms with Gasteiger partial charge >= 0.3 is 0 Å². The standard InChI is InChI=1S/C22H26N4O3/c1-3-24-18-8-5-12-22(2,17-7-4-6-15(23-17)14-9-10-14)26(18)25-13-11-16(27)20(28)19(25)21(24)29/h4,6-7,11,13-14,18,28H,3,5,8-10,12H2,1-2H3. The summed E-state index contributed by atoms with van der Waals surface area (Å²) < 4.78 is 1.69. The number of hydrogen-bond donors (Lipinski definition) is 1. The van der Waals surface area contributed by atoms with Gasteiger partial charge in [-0.1, -0.05) is 6.07 Å². The number of piperidine rings is 1. The molecule has 2 aromatic heterocycles. The van der Waals surface area contributed by atoms with Crippen LogP contribution in [-0.4, -0.2) is 38.3 Å². The molecule has 0 spiro atoms. The van der Waals surface area contributed by atoms with Gasteiger partial charge in [0.05, 0.1) is 11.2 Å². The Morgan fingerprint density at radius 1 is 1.21 bits per heavy atom. The van der Waals surface area contributed by atoms with Gasteiger partial charge in [-0.3, -0.25) is 24.3 Å². The van der Waals surface area contributed by atoms with Crippen LogP contribution in [0.2, 0.25) is 0 Å². The van der Waals surface area contributed by atoms with Gasteiger partial charge in [0.2, 0.25) is 5.43 Å². The molecule has 2 aromatic rings. The van der Waals surface area contributed by atoms with Crippen LogP contribution >= 0.6 is 0 Å². The van der Waals surface area contributed by atoms with Gasteiger partial charge in [0.15, 0.2) is 11.4 Å². The third-order valence-electron chi connectivity index (χ3n) is 6.68. The van der Waals surface area contributed by atoms with E-state index in [0.29, 0.717) is 12.5 Å². The third kappa shape index (κ3) is 2.59. The molecule has 0 radical (unpaired) electrons. The highest BCUT2D eigenvalue weighted by atomic mass is 16.3. The summed E-state index contributed by atoms with van der Waals surface area (Å²) in [6.45, 7) is 4.59. The van der Waals surface area contributed by atoms with Crippen LogP contribution in [0.4, 0.5) is 0 Å². The molecular weight excluding hydrogens is 368 g/mol. The Morgan fingerprint density at radius 3 is 2.72 bits per heavy atom. The van der Waals surface area contributed by atoms with Crippen LogP contribution in [0.5, 0.6) is 5.75 Å². The molecule has 1 saturated carbocycles. The SMILES string of the molecule is CCN1C(=O)c2c(O)c(=O)ccn2N2C1CCCC2(C)c1cccc(C2CC2)n1. The zero-order chi connectivity index (χ0) is 20.3. The molecule has 5 rings (SSSR count). The Hall–Kier alpha value is -2.83. The summed E-state index contributed by atoms with van der Waals surface area (Å²) in [7, 11) is 0. The van der Waals surface area contributed by atoms with Crippen molar-refractivity contribution in [2.75, 3.05) is 11.6 Å². The van der Waals surface area contributed by atoms with Crippen molar-refractivity contribution in [3.8, 4) is 5.75 Å². The molecular formula is C22H26N4O3. The molecule has 152 valence electrons. The number of nitrogens with zero attached hydrogens (tertiary/aromatic N) is 4. The molecule has 3 aliphatic rings. The van der Waals surface area contributed by atoms with E-state index >= 15 is 0 Å². The summed E-state index contributed by atoms with van der Waals surface area (Å²) in [4.78, 5) is 32.0. The second kappa shape index (κ2) is 6.34. The van der Waals surface area contributed by atoms with Gasteiger partial charge in [-0.15, -0.1) is 0 Å². The highest BCUT2D eigenvalue weighted by Gasteiger charge is 2.50. The number of carbonyl (C=O) groups is 1. The van der Waals surface area contributed by atoms with Crippen LogP contribution in [0.1, 0.15) is 73.7 Å². The van der Waals surface area contributed by atoms with Gasteiger partial charge in [-0.25, -0.2) is 0 Å². The number of fused-ring (bicyclic) bond motifs is 3. The van der Waals surface area contributed by atoms with E-state index in [4.69, 9.17) is 4.98 Å². The van der Waals surface area contributed by atoms with Crippen molar-refractivity contribution in [1.82, 2.24) is 14.6 Å². The lowest BCUT2D eigenvalue weighted by Crippen LogP contribution is -2.69. The molecule has 0 aromatic carbocycles. The number of hydrogen-bond acceptors (Lipinski definition) is 5. The first-order valence-electron chi connectivity index (χ1n) is 10.5. The predicted molar refractivity (Wildman–Crippen MR) is 108 cm³/mol. The van der Waals surface area contributed by atoms with Crippen LogP contribution in [0.3, 0.4) is 0 Å². The van der Waals surface area contributed by atoms with Gasteiger partial charge in [0.1, 0.15) is 6.17 Å².